The lowest BCUT2D eigenvalue weighted by Gasteiger charge is -1.92. The van der Waals surface area contributed by atoms with Crippen molar-refractivity contribution in [2.75, 3.05) is 0 Å². The summed E-state index contributed by atoms with van der Waals surface area (Å²) in [6.45, 7) is 1.98. The predicted molar refractivity (Wildman–Crippen MR) is 57.7 cm³/mol. The fourth-order valence-corrected chi connectivity index (χ4v) is 1.66. The summed E-state index contributed by atoms with van der Waals surface area (Å²) in [7, 11) is 0. The second kappa shape index (κ2) is 3.02. The summed E-state index contributed by atoms with van der Waals surface area (Å²) in [6.07, 6.45) is 0.805. The zero-order valence-electron chi connectivity index (χ0n) is 8.38. The van der Waals surface area contributed by atoms with Crippen molar-refractivity contribution >= 4 is 5.71 Å². The van der Waals surface area contributed by atoms with Crippen LogP contribution in [0.5, 0.6) is 0 Å². The van der Waals surface area contributed by atoms with Gasteiger partial charge in [0.2, 0.25) is 0 Å². The molecule has 0 saturated carbocycles. The first-order chi connectivity index (χ1) is 7.33. The van der Waals surface area contributed by atoms with Crippen molar-refractivity contribution in [1.29, 1.82) is 0 Å². The van der Waals surface area contributed by atoms with E-state index in [2.05, 4.69) is 15.2 Å². The van der Waals surface area contributed by atoms with Gasteiger partial charge in [-0.1, -0.05) is 30.3 Å². The monoisotopic (exact) mass is 198 g/mol. The molecule has 1 aliphatic rings. The average Bonchev–Trinajstić information content (AvgIpc) is 2.76. The van der Waals surface area contributed by atoms with Gasteiger partial charge in [0.1, 0.15) is 0 Å². The van der Waals surface area contributed by atoms with Crippen molar-refractivity contribution in [3.8, 4) is 11.4 Å². The van der Waals surface area contributed by atoms with Crippen molar-refractivity contribution in [2.24, 2.45) is 5.10 Å². The quantitative estimate of drug-likeness (QED) is 0.700. The first kappa shape index (κ1) is 8.35. The maximum absolute atomic E-state index is 4.45. The van der Waals surface area contributed by atoms with Gasteiger partial charge in [0.25, 0.3) is 0 Å². The van der Waals surface area contributed by atoms with Gasteiger partial charge < -0.3 is 0 Å². The van der Waals surface area contributed by atoms with E-state index in [9.17, 15) is 0 Å². The Morgan fingerprint density at radius 1 is 1.20 bits per heavy atom. The van der Waals surface area contributed by atoms with Crippen LogP contribution in [0, 0.1) is 0 Å². The van der Waals surface area contributed by atoms with Crippen molar-refractivity contribution in [1.82, 2.24) is 14.9 Å². The highest BCUT2D eigenvalue weighted by Crippen LogP contribution is 2.17. The second-order valence-electron chi connectivity index (χ2n) is 3.62. The fraction of sp³-hybridized carbons (Fsp3) is 0.182. The number of nitrogens with zero attached hydrogens (tertiary/aromatic N) is 4. The Hall–Kier alpha value is -1.97. The van der Waals surface area contributed by atoms with Crippen molar-refractivity contribution in [2.45, 2.75) is 13.3 Å². The summed E-state index contributed by atoms with van der Waals surface area (Å²) in [5.41, 5.74) is 2.09. The molecule has 1 aromatic heterocycles. The molecule has 0 radical (unpaired) electrons. The van der Waals surface area contributed by atoms with Crippen molar-refractivity contribution in [3.63, 3.8) is 0 Å². The van der Waals surface area contributed by atoms with Crippen LogP contribution in [0.3, 0.4) is 0 Å². The molecule has 0 amide bonds. The lowest BCUT2D eigenvalue weighted by atomic mass is 10.2. The molecular formula is C11H10N4. The summed E-state index contributed by atoms with van der Waals surface area (Å²) >= 11 is 0. The smallest absolute Gasteiger partial charge is 0.183 e. The lowest BCUT2D eigenvalue weighted by Crippen LogP contribution is -1.91. The molecule has 4 heteroatoms. The summed E-state index contributed by atoms with van der Waals surface area (Å²) in [5.74, 6) is 1.67. The molecule has 0 atom stereocenters. The van der Waals surface area contributed by atoms with Gasteiger partial charge in [-0.2, -0.15) is 5.10 Å². The predicted octanol–water partition coefficient (Wildman–Crippen LogP) is 1.73. The highest BCUT2D eigenvalue weighted by atomic mass is 15.6. The Morgan fingerprint density at radius 3 is 2.73 bits per heavy atom. The van der Waals surface area contributed by atoms with Crippen LogP contribution in [0.4, 0.5) is 0 Å². The van der Waals surface area contributed by atoms with Gasteiger partial charge in [0, 0.05) is 17.7 Å². The number of aromatic nitrogens is 3. The van der Waals surface area contributed by atoms with E-state index in [1.165, 1.54) is 0 Å². The van der Waals surface area contributed by atoms with Gasteiger partial charge in [0.15, 0.2) is 11.6 Å². The summed E-state index contributed by atoms with van der Waals surface area (Å²) in [4.78, 5) is 6.07. The zero-order chi connectivity index (χ0) is 10.3. The number of fused-ring (bicyclic) bond motifs is 1. The molecule has 0 unspecified atom stereocenters. The molecule has 0 saturated heterocycles. The van der Waals surface area contributed by atoms with Crippen LogP contribution in [-0.2, 0) is 6.42 Å². The molecule has 2 heterocycles. The molecular weight excluding hydrogens is 188 g/mol. The summed E-state index contributed by atoms with van der Waals surface area (Å²) < 4.78 is 0. The molecule has 0 spiro atoms. The number of benzene rings is 1. The maximum Gasteiger partial charge on any atom is 0.183 e. The van der Waals surface area contributed by atoms with Crippen molar-refractivity contribution < 1.29 is 0 Å². The van der Waals surface area contributed by atoms with Crippen LogP contribution >= 0.6 is 0 Å². The molecule has 0 fully saturated rings. The Morgan fingerprint density at radius 2 is 2.00 bits per heavy atom. The molecule has 4 nitrogen and oxygen atoms in total. The molecule has 1 aromatic carbocycles. The van der Waals surface area contributed by atoms with Gasteiger partial charge in [-0.05, 0) is 6.92 Å². The molecule has 74 valence electrons. The molecule has 0 bridgehead atoms. The third-order valence-electron chi connectivity index (χ3n) is 2.37. The summed E-state index contributed by atoms with van der Waals surface area (Å²) in [5, 5.41) is 8.59. The Bertz CT molecular complexity index is 525. The van der Waals surface area contributed by atoms with Crippen LogP contribution in [0.1, 0.15) is 12.7 Å². The molecule has 0 N–H and O–H groups in total. The van der Waals surface area contributed by atoms with E-state index in [-0.39, 0.29) is 0 Å². The van der Waals surface area contributed by atoms with Gasteiger partial charge in [-0.25, -0.2) is 4.98 Å². The maximum atomic E-state index is 4.45. The van der Waals surface area contributed by atoms with Gasteiger partial charge in [0.05, 0.1) is 0 Å². The molecule has 3 rings (SSSR count). The van der Waals surface area contributed by atoms with Gasteiger partial charge in [-0.15, -0.1) is 9.89 Å². The van der Waals surface area contributed by atoms with Crippen LogP contribution in [0.2, 0.25) is 0 Å². The van der Waals surface area contributed by atoms with Crippen LogP contribution in [0.25, 0.3) is 11.4 Å². The largest absolute Gasteiger partial charge is 0.209 e. The van der Waals surface area contributed by atoms with E-state index in [0.29, 0.717) is 0 Å². The number of hydrogen-bond acceptors (Lipinski definition) is 3. The number of hydrogen-bond donors (Lipinski definition) is 0. The topological polar surface area (TPSA) is 43.1 Å². The van der Waals surface area contributed by atoms with Crippen LogP contribution in [0.15, 0.2) is 35.4 Å². The minimum Gasteiger partial charge on any atom is -0.209 e. The van der Waals surface area contributed by atoms with E-state index in [1.54, 1.807) is 4.79 Å². The molecule has 15 heavy (non-hydrogen) atoms. The highest BCUT2D eigenvalue weighted by molar-refractivity contribution is 5.85. The first-order valence-electron chi connectivity index (χ1n) is 4.89. The standard InChI is InChI=1S/C11H10N4/c1-8-7-10-12-11(14-15(10)13-8)9-5-3-2-4-6-9/h2-6H,7H2,1H3. The molecule has 2 aromatic rings. The SMILES string of the molecule is CC1=Nn2nc(-c3ccccc3)nc2C1. The van der Waals surface area contributed by atoms with E-state index in [4.69, 9.17) is 0 Å². The normalized spacial score (nSPS) is 13.8. The van der Waals surface area contributed by atoms with Crippen LogP contribution in [-0.4, -0.2) is 20.6 Å². The van der Waals surface area contributed by atoms with Crippen LogP contribution < -0.4 is 0 Å². The summed E-state index contributed by atoms with van der Waals surface area (Å²) in [6, 6.07) is 9.95. The lowest BCUT2D eigenvalue weighted by molar-refractivity contribution is 0.734. The Labute approximate surface area is 87.3 Å². The zero-order valence-corrected chi connectivity index (χ0v) is 8.38. The fourth-order valence-electron chi connectivity index (χ4n) is 1.66. The minimum atomic E-state index is 0.752. The minimum absolute atomic E-state index is 0.752. The molecule has 1 aliphatic heterocycles. The van der Waals surface area contributed by atoms with E-state index >= 15 is 0 Å². The third-order valence-corrected chi connectivity index (χ3v) is 2.37. The van der Waals surface area contributed by atoms with E-state index in [0.717, 1.165) is 29.3 Å². The number of rotatable bonds is 1. The molecule has 0 aliphatic carbocycles. The highest BCUT2D eigenvalue weighted by Gasteiger charge is 2.16. The second-order valence-corrected chi connectivity index (χ2v) is 3.62. The van der Waals surface area contributed by atoms with Gasteiger partial charge >= 0.3 is 0 Å². The first-order valence-corrected chi connectivity index (χ1v) is 4.89. The van der Waals surface area contributed by atoms with E-state index in [1.807, 2.05) is 37.3 Å². The third kappa shape index (κ3) is 1.34. The van der Waals surface area contributed by atoms with E-state index < -0.39 is 0 Å². The Kier molecular flexibility index (Phi) is 1.68. The Balaban J connectivity index is 2.06. The average molecular weight is 198 g/mol. The van der Waals surface area contributed by atoms with Gasteiger partial charge in [-0.3, -0.25) is 0 Å². The van der Waals surface area contributed by atoms with Crippen molar-refractivity contribution in [3.05, 3.63) is 36.2 Å².